The van der Waals surface area contributed by atoms with E-state index in [4.69, 9.17) is 16.3 Å². The molecule has 0 aliphatic carbocycles. The van der Waals surface area contributed by atoms with Crippen LogP contribution in [-0.2, 0) is 6.54 Å². The molecule has 2 nitrogen and oxygen atoms in total. The SMILES string of the molecule is CCCNCc1c(Cl)cccc1OCC=C(C)C. The second-order valence-electron chi connectivity index (χ2n) is 4.49. The van der Waals surface area contributed by atoms with Crippen LogP contribution < -0.4 is 10.1 Å². The normalized spacial score (nSPS) is 10.2. The van der Waals surface area contributed by atoms with Crippen molar-refractivity contribution < 1.29 is 4.74 Å². The van der Waals surface area contributed by atoms with E-state index in [1.807, 2.05) is 18.2 Å². The summed E-state index contributed by atoms with van der Waals surface area (Å²) in [5, 5.41) is 4.11. The van der Waals surface area contributed by atoms with Gasteiger partial charge in [-0.3, -0.25) is 0 Å². The van der Waals surface area contributed by atoms with Gasteiger partial charge in [-0.05, 0) is 45.0 Å². The van der Waals surface area contributed by atoms with Crippen molar-refractivity contribution in [2.45, 2.75) is 33.7 Å². The van der Waals surface area contributed by atoms with E-state index < -0.39 is 0 Å². The van der Waals surface area contributed by atoms with Crippen molar-refractivity contribution in [3.63, 3.8) is 0 Å². The van der Waals surface area contributed by atoms with Gasteiger partial charge in [-0.25, -0.2) is 0 Å². The number of hydrogen-bond donors (Lipinski definition) is 1. The topological polar surface area (TPSA) is 21.3 Å². The molecule has 1 rings (SSSR count). The molecule has 0 fully saturated rings. The Balaban J connectivity index is 2.70. The molecule has 0 saturated carbocycles. The second-order valence-corrected chi connectivity index (χ2v) is 4.89. The zero-order chi connectivity index (χ0) is 13.4. The zero-order valence-electron chi connectivity index (χ0n) is 11.4. The number of rotatable bonds is 7. The molecule has 1 aromatic rings. The van der Waals surface area contributed by atoms with E-state index >= 15 is 0 Å². The Morgan fingerprint density at radius 3 is 2.83 bits per heavy atom. The molecular formula is C15H22ClNO. The summed E-state index contributed by atoms with van der Waals surface area (Å²) in [6, 6.07) is 5.79. The van der Waals surface area contributed by atoms with Gasteiger partial charge in [0.2, 0.25) is 0 Å². The van der Waals surface area contributed by atoms with Crippen LogP contribution in [0.3, 0.4) is 0 Å². The van der Waals surface area contributed by atoms with Gasteiger partial charge in [0.1, 0.15) is 12.4 Å². The molecule has 0 spiro atoms. The fourth-order valence-corrected chi connectivity index (χ4v) is 1.77. The first-order valence-corrected chi connectivity index (χ1v) is 6.77. The molecule has 3 heteroatoms. The van der Waals surface area contributed by atoms with Gasteiger partial charge in [0.05, 0.1) is 0 Å². The Labute approximate surface area is 115 Å². The molecule has 0 amide bonds. The summed E-state index contributed by atoms with van der Waals surface area (Å²) in [4.78, 5) is 0. The standard InChI is InChI=1S/C15H22ClNO/c1-4-9-17-11-13-14(16)6-5-7-15(13)18-10-8-12(2)3/h5-8,17H,4,9-11H2,1-3H3. The van der Waals surface area contributed by atoms with Crippen LogP contribution in [0.5, 0.6) is 5.75 Å². The van der Waals surface area contributed by atoms with Crippen molar-refractivity contribution in [3.8, 4) is 5.75 Å². The third kappa shape index (κ3) is 5.11. The van der Waals surface area contributed by atoms with E-state index in [9.17, 15) is 0 Å². The van der Waals surface area contributed by atoms with Gasteiger partial charge >= 0.3 is 0 Å². The minimum absolute atomic E-state index is 0.587. The molecule has 0 saturated heterocycles. The lowest BCUT2D eigenvalue weighted by atomic mass is 10.2. The number of ether oxygens (including phenoxy) is 1. The molecule has 1 aromatic carbocycles. The number of benzene rings is 1. The van der Waals surface area contributed by atoms with Gasteiger partial charge < -0.3 is 10.1 Å². The van der Waals surface area contributed by atoms with Gasteiger partial charge in [0.15, 0.2) is 0 Å². The quantitative estimate of drug-likeness (QED) is 0.591. The molecule has 0 aliphatic heterocycles. The van der Waals surface area contributed by atoms with E-state index in [-0.39, 0.29) is 0 Å². The zero-order valence-corrected chi connectivity index (χ0v) is 12.2. The number of allylic oxidation sites excluding steroid dienone is 1. The van der Waals surface area contributed by atoms with Gasteiger partial charge in [0.25, 0.3) is 0 Å². The lowest BCUT2D eigenvalue weighted by Gasteiger charge is -2.12. The van der Waals surface area contributed by atoms with Crippen molar-refractivity contribution in [2.75, 3.05) is 13.2 Å². The predicted molar refractivity (Wildman–Crippen MR) is 78.4 cm³/mol. The van der Waals surface area contributed by atoms with Gasteiger partial charge in [-0.1, -0.05) is 30.2 Å². The van der Waals surface area contributed by atoms with Crippen molar-refractivity contribution >= 4 is 11.6 Å². The summed E-state index contributed by atoms with van der Waals surface area (Å²) in [7, 11) is 0. The fourth-order valence-electron chi connectivity index (χ4n) is 1.53. The maximum absolute atomic E-state index is 6.21. The van der Waals surface area contributed by atoms with Gasteiger partial charge in [-0.15, -0.1) is 0 Å². The van der Waals surface area contributed by atoms with Crippen LogP contribution in [0.4, 0.5) is 0 Å². The molecular weight excluding hydrogens is 246 g/mol. The number of halogens is 1. The Kier molecular flexibility index (Phi) is 6.84. The molecule has 1 N–H and O–H groups in total. The highest BCUT2D eigenvalue weighted by molar-refractivity contribution is 6.31. The Morgan fingerprint density at radius 2 is 2.17 bits per heavy atom. The van der Waals surface area contributed by atoms with Crippen LogP contribution in [0.1, 0.15) is 32.8 Å². The highest BCUT2D eigenvalue weighted by Crippen LogP contribution is 2.26. The first-order valence-electron chi connectivity index (χ1n) is 6.39. The lowest BCUT2D eigenvalue weighted by molar-refractivity contribution is 0.356. The smallest absolute Gasteiger partial charge is 0.125 e. The van der Waals surface area contributed by atoms with Crippen molar-refractivity contribution in [1.82, 2.24) is 5.32 Å². The largest absolute Gasteiger partial charge is 0.489 e. The summed E-state index contributed by atoms with van der Waals surface area (Å²) < 4.78 is 5.76. The number of nitrogens with one attached hydrogen (secondary N) is 1. The first kappa shape index (κ1) is 15.1. The molecule has 0 atom stereocenters. The van der Waals surface area contributed by atoms with E-state index in [1.54, 1.807) is 0 Å². The molecule has 0 radical (unpaired) electrons. The molecule has 0 bridgehead atoms. The van der Waals surface area contributed by atoms with E-state index in [0.29, 0.717) is 6.61 Å². The average Bonchev–Trinajstić information content (AvgIpc) is 2.32. The minimum atomic E-state index is 0.587. The van der Waals surface area contributed by atoms with Crippen LogP contribution in [0, 0.1) is 0 Å². The van der Waals surface area contributed by atoms with Crippen LogP contribution in [0.2, 0.25) is 5.02 Å². The summed E-state index contributed by atoms with van der Waals surface area (Å²) in [6.07, 6.45) is 3.17. The van der Waals surface area contributed by atoms with Crippen molar-refractivity contribution in [3.05, 3.63) is 40.4 Å². The summed E-state index contributed by atoms with van der Waals surface area (Å²) in [5.41, 5.74) is 2.29. The average molecular weight is 268 g/mol. The third-order valence-corrected chi connectivity index (χ3v) is 2.89. The van der Waals surface area contributed by atoms with Crippen LogP contribution in [0.25, 0.3) is 0 Å². The first-order chi connectivity index (χ1) is 8.65. The Hall–Kier alpha value is -0.990. The molecule has 18 heavy (non-hydrogen) atoms. The summed E-state index contributed by atoms with van der Waals surface area (Å²) in [6.45, 7) is 8.59. The predicted octanol–water partition coefficient (Wildman–Crippen LogP) is 4.18. The minimum Gasteiger partial charge on any atom is -0.489 e. The molecule has 0 aliphatic rings. The highest BCUT2D eigenvalue weighted by Gasteiger charge is 2.07. The fraction of sp³-hybridized carbons (Fsp3) is 0.467. The maximum atomic E-state index is 6.21. The van der Waals surface area contributed by atoms with Crippen molar-refractivity contribution in [1.29, 1.82) is 0 Å². The van der Waals surface area contributed by atoms with Crippen LogP contribution in [-0.4, -0.2) is 13.2 Å². The van der Waals surface area contributed by atoms with E-state index in [2.05, 4.69) is 32.2 Å². The second kappa shape index (κ2) is 8.17. The van der Waals surface area contributed by atoms with Gasteiger partial charge in [0, 0.05) is 17.1 Å². The molecule has 100 valence electrons. The number of hydrogen-bond acceptors (Lipinski definition) is 2. The van der Waals surface area contributed by atoms with Gasteiger partial charge in [-0.2, -0.15) is 0 Å². The van der Waals surface area contributed by atoms with E-state index in [0.717, 1.165) is 35.8 Å². The Morgan fingerprint density at radius 1 is 1.39 bits per heavy atom. The highest BCUT2D eigenvalue weighted by atomic mass is 35.5. The third-order valence-electron chi connectivity index (χ3n) is 2.53. The Bertz CT molecular complexity index is 397. The van der Waals surface area contributed by atoms with E-state index in [1.165, 1.54) is 5.57 Å². The molecule has 0 aromatic heterocycles. The van der Waals surface area contributed by atoms with Crippen LogP contribution >= 0.6 is 11.6 Å². The monoisotopic (exact) mass is 267 g/mol. The van der Waals surface area contributed by atoms with Crippen LogP contribution in [0.15, 0.2) is 29.8 Å². The molecule has 0 unspecified atom stereocenters. The summed E-state index contributed by atoms with van der Waals surface area (Å²) >= 11 is 6.21. The molecule has 0 heterocycles. The van der Waals surface area contributed by atoms with Crippen molar-refractivity contribution in [2.24, 2.45) is 0 Å². The lowest BCUT2D eigenvalue weighted by Crippen LogP contribution is -2.15. The summed E-state index contributed by atoms with van der Waals surface area (Å²) in [5.74, 6) is 0.864. The maximum Gasteiger partial charge on any atom is 0.125 e.